The van der Waals surface area contributed by atoms with Gasteiger partial charge in [-0.15, -0.1) is 10.2 Å². The zero-order valence-electron chi connectivity index (χ0n) is 14.7. The van der Waals surface area contributed by atoms with E-state index in [9.17, 15) is 10.1 Å². The molecule has 0 saturated carbocycles. The van der Waals surface area contributed by atoms with Crippen LogP contribution in [-0.2, 0) is 13.6 Å². The number of pyridine rings is 1. The highest BCUT2D eigenvalue weighted by molar-refractivity contribution is 5.60. The van der Waals surface area contributed by atoms with Crippen LogP contribution in [0.5, 0.6) is 0 Å². The summed E-state index contributed by atoms with van der Waals surface area (Å²) in [4.78, 5) is 10.2. The zero-order valence-corrected chi connectivity index (χ0v) is 15.5. The maximum absolute atomic E-state index is 10.8. The molecule has 142 valence electrons. The maximum atomic E-state index is 10.8. The average Bonchev–Trinajstić information content (AvgIpc) is 2.99. The highest BCUT2D eigenvalue weighted by atomic mass is 35.5. The summed E-state index contributed by atoms with van der Waals surface area (Å²) in [6.45, 7) is 0.469. The third kappa shape index (κ3) is 4.46. The summed E-state index contributed by atoms with van der Waals surface area (Å²) in [5.74, 6) is 0.325. The summed E-state index contributed by atoms with van der Waals surface area (Å²) in [6.07, 6.45) is 5.35. The molecule has 10 nitrogen and oxygen atoms in total. The molecule has 1 aromatic carbocycles. The van der Waals surface area contributed by atoms with Gasteiger partial charge in [-0.25, -0.2) is 9.25 Å². The van der Waals surface area contributed by atoms with Crippen LogP contribution in [0.2, 0.25) is 0 Å². The minimum atomic E-state index is -0.576. The number of halogens is 1. The van der Waals surface area contributed by atoms with Crippen LogP contribution in [-0.4, -0.2) is 14.7 Å². The normalized spacial score (nSPS) is 10.4. The second-order valence-corrected chi connectivity index (χ2v) is 5.72. The number of non-ortho nitro benzene ring substituents is 1. The predicted octanol–water partition coefficient (Wildman–Crippen LogP) is -0.463. The molecule has 0 amide bonds. The molecule has 0 radical (unpaired) electrons. The van der Waals surface area contributed by atoms with Crippen LogP contribution in [0, 0.1) is 21.4 Å². The molecule has 0 saturated heterocycles. The van der Waals surface area contributed by atoms with E-state index in [4.69, 9.17) is 11.0 Å². The Kier molecular flexibility index (Phi) is 6.36. The first-order chi connectivity index (χ1) is 13.0. The van der Waals surface area contributed by atoms with Crippen LogP contribution < -0.4 is 22.7 Å². The van der Waals surface area contributed by atoms with Gasteiger partial charge >= 0.3 is 0 Å². The molecular formula is C17H15ClN8O2. The molecule has 2 N–H and O–H groups in total. The predicted molar refractivity (Wildman–Crippen MR) is 95.3 cm³/mol. The standard InChI is InChI=1S/C17H15N8O2.ClH/c1-23-6-2-3-12(10-23)11-24-17(19)16(9-20-24)22-21-15-5-4-14(25(26)27)7-13(15)8-18;/h2-7,9-10H,11,19H2,1H3;1H/q+1;/p-1. The fourth-order valence-corrected chi connectivity index (χ4v) is 2.43. The largest absolute Gasteiger partial charge is 1.00 e. The Morgan fingerprint density at radius 2 is 2.11 bits per heavy atom. The minimum absolute atomic E-state index is 0. The molecule has 11 heteroatoms. The number of nitrogens with zero attached hydrogens (tertiary/aromatic N) is 7. The third-order valence-electron chi connectivity index (χ3n) is 3.77. The number of anilines is 1. The Hall–Kier alpha value is -3.84. The number of aromatic nitrogens is 3. The van der Waals surface area contributed by atoms with Crippen LogP contribution in [0.15, 0.2) is 59.2 Å². The topological polar surface area (TPSA) is 139 Å². The summed E-state index contributed by atoms with van der Waals surface area (Å²) in [7, 11) is 1.92. The number of nitriles is 1. The maximum Gasteiger partial charge on any atom is 0.270 e. The molecule has 0 bridgehead atoms. The Labute approximate surface area is 166 Å². The number of nitro groups is 1. The summed E-state index contributed by atoms with van der Waals surface area (Å²) < 4.78 is 3.51. The van der Waals surface area contributed by atoms with Gasteiger partial charge in [0.15, 0.2) is 12.4 Å². The molecule has 0 aliphatic heterocycles. The second-order valence-electron chi connectivity index (χ2n) is 5.72. The van der Waals surface area contributed by atoms with E-state index in [1.807, 2.05) is 42.2 Å². The smallest absolute Gasteiger partial charge is 0.270 e. The van der Waals surface area contributed by atoms with Crippen molar-refractivity contribution in [1.82, 2.24) is 9.78 Å². The molecular weight excluding hydrogens is 384 g/mol. The molecule has 28 heavy (non-hydrogen) atoms. The molecule has 0 fully saturated rings. The van der Waals surface area contributed by atoms with Gasteiger partial charge in [0.05, 0.1) is 23.2 Å². The zero-order chi connectivity index (χ0) is 19.4. The van der Waals surface area contributed by atoms with Gasteiger partial charge in [-0.3, -0.25) is 10.1 Å². The summed E-state index contributed by atoms with van der Waals surface area (Å²) in [6, 6.07) is 9.53. The number of hydrogen-bond acceptors (Lipinski definition) is 7. The molecule has 0 spiro atoms. The first-order valence-electron chi connectivity index (χ1n) is 7.83. The van der Waals surface area contributed by atoms with Gasteiger partial charge in [0.25, 0.3) is 5.69 Å². The average molecular weight is 399 g/mol. The lowest BCUT2D eigenvalue weighted by atomic mass is 10.2. The molecule has 0 atom stereocenters. The van der Waals surface area contributed by atoms with Crippen molar-refractivity contribution in [2.75, 3.05) is 5.73 Å². The number of nitrogen functional groups attached to an aromatic ring is 1. The number of rotatable bonds is 5. The number of nitrogens with two attached hydrogens (primary N) is 1. The third-order valence-corrected chi connectivity index (χ3v) is 3.77. The van der Waals surface area contributed by atoms with Gasteiger partial charge in [0.1, 0.15) is 30.3 Å². The fourth-order valence-electron chi connectivity index (χ4n) is 2.43. The fraction of sp³-hybridized carbons (Fsp3) is 0.118. The van der Waals surface area contributed by atoms with Gasteiger partial charge in [0.2, 0.25) is 0 Å². The lowest BCUT2D eigenvalue weighted by molar-refractivity contribution is -0.671. The van der Waals surface area contributed by atoms with Gasteiger partial charge in [0, 0.05) is 23.8 Å². The minimum Gasteiger partial charge on any atom is -1.00 e. The van der Waals surface area contributed by atoms with Crippen molar-refractivity contribution < 1.29 is 21.9 Å². The van der Waals surface area contributed by atoms with Crippen LogP contribution in [0.3, 0.4) is 0 Å². The van der Waals surface area contributed by atoms with Crippen LogP contribution in [0.4, 0.5) is 22.9 Å². The Bertz CT molecular complexity index is 1090. The summed E-state index contributed by atoms with van der Waals surface area (Å²) in [5, 5.41) is 32.2. The molecule has 2 aromatic heterocycles. The summed E-state index contributed by atoms with van der Waals surface area (Å²) >= 11 is 0. The van der Waals surface area contributed by atoms with E-state index in [1.165, 1.54) is 18.3 Å². The van der Waals surface area contributed by atoms with Crippen LogP contribution in [0.25, 0.3) is 0 Å². The van der Waals surface area contributed by atoms with Gasteiger partial charge in [-0.2, -0.15) is 10.4 Å². The monoisotopic (exact) mass is 398 g/mol. The highest BCUT2D eigenvalue weighted by Crippen LogP contribution is 2.28. The molecule has 2 heterocycles. The number of azo groups is 1. The van der Waals surface area contributed by atoms with E-state index >= 15 is 0 Å². The van der Waals surface area contributed by atoms with Gasteiger partial charge < -0.3 is 18.1 Å². The van der Waals surface area contributed by atoms with Gasteiger partial charge in [-0.05, 0) is 12.1 Å². The van der Waals surface area contributed by atoms with Crippen LogP contribution >= 0.6 is 0 Å². The highest BCUT2D eigenvalue weighted by Gasteiger charge is 2.12. The molecule has 3 rings (SSSR count). The Morgan fingerprint density at radius 1 is 1.36 bits per heavy atom. The summed E-state index contributed by atoms with van der Waals surface area (Å²) in [5.41, 5.74) is 7.51. The van der Waals surface area contributed by atoms with Crippen molar-refractivity contribution in [2.45, 2.75) is 6.54 Å². The number of aryl methyl sites for hydroxylation is 1. The second kappa shape index (κ2) is 8.70. The van der Waals surface area contributed by atoms with Gasteiger partial charge in [-0.1, -0.05) is 0 Å². The number of hydrogen-bond donors (Lipinski definition) is 1. The van der Waals surface area contributed by atoms with Crippen molar-refractivity contribution in [3.8, 4) is 6.07 Å². The first-order valence-corrected chi connectivity index (χ1v) is 7.83. The van der Waals surface area contributed by atoms with E-state index in [2.05, 4.69) is 15.3 Å². The molecule has 0 aliphatic carbocycles. The van der Waals surface area contributed by atoms with Crippen molar-refractivity contribution >= 4 is 22.9 Å². The van der Waals surface area contributed by atoms with Crippen molar-refractivity contribution in [2.24, 2.45) is 17.3 Å². The Morgan fingerprint density at radius 3 is 2.79 bits per heavy atom. The first kappa shape index (κ1) is 20.5. The van der Waals surface area contributed by atoms with E-state index < -0.39 is 4.92 Å². The van der Waals surface area contributed by atoms with Crippen molar-refractivity contribution in [3.05, 3.63) is 70.2 Å². The van der Waals surface area contributed by atoms with E-state index in [1.54, 1.807) is 4.68 Å². The van der Waals surface area contributed by atoms with Crippen molar-refractivity contribution in [3.63, 3.8) is 0 Å². The van der Waals surface area contributed by atoms with E-state index in [-0.39, 0.29) is 29.3 Å². The molecule has 3 aromatic rings. The number of nitro benzene ring substituents is 1. The number of benzene rings is 1. The molecule has 0 aliphatic rings. The lowest BCUT2D eigenvalue weighted by Gasteiger charge is -2.03. The van der Waals surface area contributed by atoms with E-state index in [0.29, 0.717) is 18.1 Å². The Balaban J connectivity index is 0.00000280. The lowest BCUT2D eigenvalue weighted by Crippen LogP contribution is -3.00. The van der Waals surface area contributed by atoms with Crippen molar-refractivity contribution in [1.29, 1.82) is 5.26 Å². The molecule has 0 unspecified atom stereocenters. The SMILES string of the molecule is C[n+]1cccc(Cn2ncc(N=Nc3ccc([N+](=O)[O-])cc3C#N)c2N)c1.[Cl-]. The van der Waals surface area contributed by atoms with Crippen LogP contribution in [0.1, 0.15) is 11.1 Å². The van der Waals surface area contributed by atoms with E-state index in [0.717, 1.165) is 11.6 Å². The quantitative estimate of drug-likeness (QED) is 0.268.